The van der Waals surface area contributed by atoms with E-state index in [2.05, 4.69) is 15.0 Å². The molecule has 7 nitrogen and oxygen atoms in total. The Balaban J connectivity index is 1.61. The maximum absolute atomic E-state index is 12.3. The highest BCUT2D eigenvalue weighted by Crippen LogP contribution is 2.16. The summed E-state index contributed by atoms with van der Waals surface area (Å²) < 4.78 is 27.2. The second kappa shape index (κ2) is 7.62. The first kappa shape index (κ1) is 17.4. The lowest BCUT2D eigenvalue weighted by Crippen LogP contribution is -2.32. The standard InChI is InChI=1S/C17H20N4O3S/c22-17(21-11-1-2-12-21)20-15-3-5-16(6-4-15)25(23,24)19-13-14-7-9-18-10-8-14/h3-10,19H,1-2,11-13H2,(H,20,22). The Hall–Kier alpha value is -2.45. The second-order valence-corrected chi connectivity index (χ2v) is 7.60. The molecule has 0 bridgehead atoms. The Morgan fingerprint density at radius 1 is 1.04 bits per heavy atom. The summed E-state index contributed by atoms with van der Waals surface area (Å²) in [6, 6.07) is 9.50. The van der Waals surface area contributed by atoms with Crippen LogP contribution in [0.5, 0.6) is 0 Å². The van der Waals surface area contributed by atoms with Crippen molar-refractivity contribution in [3.05, 3.63) is 54.4 Å². The van der Waals surface area contributed by atoms with Gasteiger partial charge < -0.3 is 10.2 Å². The van der Waals surface area contributed by atoms with Crippen molar-refractivity contribution in [2.45, 2.75) is 24.3 Å². The number of pyridine rings is 1. The average Bonchev–Trinajstić information content (AvgIpc) is 3.16. The number of hydrogen-bond acceptors (Lipinski definition) is 4. The van der Waals surface area contributed by atoms with E-state index in [-0.39, 0.29) is 17.5 Å². The molecular formula is C17H20N4O3S. The van der Waals surface area contributed by atoms with Crippen molar-refractivity contribution < 1.29 is 13.2 Å². The molecule has 132 valence electrons. The number of nitrogens with one attached hydrogen (secondary N) is 2. The Labute approximate surface area is 147 Å². The first-order chi connectivity index (χ1) is 12.0. The summed E-state index contributed by atoms with van der Waals surface area (Å²) in [5.41, 5.74) is 1.40. The third-order valence-electron chi connectivity index (χ3n) is 4.02. The summed E-state index contributed by atoms with van der Waals surface area (Å²) in [5, 5.41) is 2.79. The molecule has 0 saturated carbocycles. The van der Waals surface area contributed by atoms with Crippen LogP contribution in [0.2, 0.25) is 0 Å². The maximum atomic E-state index is 12.3. The van der Waals surface area contributed by atoms with Gasteiger partial charge in [0.1, 0.15) is 0 Å². The second-order valence-electron chi connectivity index (χ2n) is 5.83. The molecule has 1 aliphatic heterocycles. The highest BCUT2D eigenvalue weighted by Gasteiger charge is 2.18. The van der Waals surface area contributed by atoms with Crippen LogP contribution in [-0.4, -0.2) is 37.4 Å². The van der Waals surface area contributed by atoms with E-state index in [0.717, 1.165) is 31.5 Å². The molecule has 1 aliphatic rings. The number of likely N-dealkylation sites (tertiary alicyclic amines) is 1. The Kier molecular flexibility index (Phi) is 5.30. The fourth-order valence-electron chi connectivity index (χ4n) is 2.60. The van der Waals surface area contributed by atoms with Gasteiger partial charge in [-0.25, -0.2) is 17.9 Å². The number of anilines is 1. The van der Waals surface area contributed by atoms with Crippen molar-refractivity contribution >= 4 is 21.7 Å². The van der Waals surface area contributed by atoms with E-state index in [0.29, 0.717) is 5.69 Å². The van der Waals surface area contributed by atoms with Crippen molar-refractivity contribution in [3.63, 3.8) is 0 Å². The number of amides is 2. The summed E-state index contributed by atoms with van der Waals surface area (Å²) in [6.07, 6.45) is 5.27. The molecule has 0 atom stereocenters. The molecule has 2 N–H and O–H groups in total. The summed E-state index contributed by atoms with van der Waals surface area (Å²) in [5.74, 6) is 0. The number of urea groups is 1. The minimum Gasteiger partial charge on any atom is -0.325 e. The van der Waals surface area contributed by atoms with Crippen LogP contribution in [0.15, 0.2) is 53.7 Å². The van der Waals surface area contributed by atoms with Crippen LogP contribution < -0.4 is 10.0 Å². The highest BCUT2D eigenvalue weighted by molar-refractivity contribution is 7.89. The van der Waals surface area contributed by atoms with Gasteiger partial charge in [0.25, 0.3) is 0 Å². The SMILES string of the molecule is O=C(Nc1ccc(S(=O)(=O)NCc2ccncc2)cc1)N1CCCC1. The van der Waals surface area contributed by atoms with E-state index in [1.165, 1.54) is 12.1 Å². The molecular weight excluding hydrogens is 340 g/mol. The summed E-state index contributed by atoms with van der Waals surface area (Å²) in [7, 11) is -3.61. The summed E-state index contributed by atoms with van der Waals surface area (Å²) >= 11 is 0. The zero-order valence-electron chi connectivity index (χ0n) is 13.7. The molecule has 1 fully saturated rings. The van der Waals surface area contributed by atoms with E-state index >= 15 is 0 Å². The highest BCUT2D eigenvalue weighted by atomic mass is 32.2. The third kappa shape index (κ3) is 4.55. The van der Waals surface area contributed by atoms with Crippen LogP contribution in [0.4, 0.5) is 10.5 Å². The van der Waals surface area contributed by atoms with Crippen LogP contribution in [0, 0.1) is 0 Å². The molecule has 2 aromatic rings. The Morgan fingerprint density at radius 2 is 1.68 bits per heavy atom. The van der Waals surface area contributed by atoms with Crippen LogP contribution in [0.1, 0.15) is 18.4 Å². The Morgan fingerprint density at radius 3 is 2.32 bits per heavy atom. The number of carbonyl (C=O) groups is 1. The zero-order chi connectivity index (χ0) is 17.7. The molecule has 2 heterocycles. The average molecular weight is 360 g/mol. The van der Waals surface area contributed by atoms with Gasteiger partial charge in [-0.2, -0.15) is 0 Å². The monoisotopic (exact) mass is 360 g/mol. The van der Waals surface area contributed by atoms with Gasteiger partial charge in [-0.15, -0.1) is 0 Å². The smallest absolute Gasteiger partial charge is 0.321 e. The number of nitrogens with zero attached hydrogens (tertiary/aromatic N) is 2. The van der Waals surface area contributed by atoms with Gasteiger partial charge in [-0.05, 0) is 54.8 Å². The van der Waals surface area contributed by atoms with Crippen molar-refractivity contribution in [2.75, 3.05) is 18.4 Å². The van der Waals surface area contributed by atoms with Gasteiger partial charge >= 0.3 is 6.03 Å². The molecule has 1 aromatic carbocycles. The van der Waals surface area contributed by atoms with E-state index < -0.39 is 10.0 Å². The van der Waals surface area contributed by atoms with Gasteiger partial charge in [-0.1, -0.05) is 0 Å². The molecule has 8 heteroatoms. The lowest BCUT2D eigenvalue weighted by atomic mass is 10.3. The summed E-state index contributed by atoms with van der Waals surface area (Å²) in [6.45, 7) is 1.72. The van der Waals surface area contributed by atoms with Crippen LogP contribution in [-0.2, 0) is 16.6 Å². The normalized spacial score (nSPS) is 14.5. The number of aromatic nitrogens is 1. The lowest BCUT2D eigenvalue weighted by Gasteiger charge is -2.16. The topological polar surface area (TPSA) is 91.4 Å². The van der Waals surface area contributed by atoms with E-state index in [1.807, 2.05) is 0 Å². The van der Waals surface area contributed by atoms with Gasteiger partial charge in [0.05, 0.1) is 4.90 Å². The first-order valence-electron chi connectivity index (χ1n) is 8.09. The maximum Gasteiger partial charge on any atom is 0.321 e. The lowest BCUT2D eigenvalue weighted by molar-refractivity contribution is 0.222. The minimum absolute atomic E-state index is 0.149. The van der Waals surface area contributed by atoms with Gasteiger partial charge in [0.15, 0.2) is 0 Å². The van der Waals surface area contributed by atoms with E-state index in [9.17, 15) is 13.2 Å². The third-order valence-corrected chi connectivity index (χ3v) is 5.44. The van der Waals surface area contributed by atoms with Gasteiger partial charge in [0.2, 0.25) is 10.0 Å². The molecule has 0 aliphatic carbocycles. The van der Waals surface area contributed by atoms with Crippen LogP contribution in [0.25, 0.3) is 0 Å². The molecule has 0 spiro atoms. The van der Waals surface area contributed by atoms with Gasteiger partial charge in [0, 0.05) is 37.7 Å². The largest absolute Gasteiger partial charge is 0.325 e. The molecule has 25 heavy (non-hydrogen) atoms. The number of hydrogen-bond donors (Lipinski definition) is 2. The van der Waals surface area contributed by atoms with Crippen LogP contribution >= 0.6 is 0 Å². The molecule has 1 saturated heterocycles. The predicted octanol–water partition coefficient (Wildman–Crippen LogP) is 2.19. The summed E-state index contributed by atoms with van der Waals surface area (Å²) in [4.78, 5) is 17.8. The van der Waals surface area contributed by atoms with Crippen molar-refractivity contribution in [3.8, 4) is 0 Å². The number of carbonyl (C=O) groups excluding carboxylic acids is 1. The molecule has 0 radical (unpaired) electrons. The molecule has 1 aromatic heterocycles. The molecule has 0 unspecified atom stereocenters. The number of benzene rings is 1. The van der Waals surface area contributed by atoms with Crippen LogP contribution in [0.3, 0.4) is 0 Å². The minimum atomic E-state index is -3.61. The molecule has 3 rings (SSSR count). The fourth-order valence-corrected chi connectivity index (χ4v) is 3.62. The fraction of sp³-hybridized carbons (Fsp3) is 0.294. The quantitative estimate of drug-likeness (QED) is 0.855. The van der Waals surface area contributed by atoms with E-state index in [4.69, 9.17) is 0 Å². The Bertz CT molecular complexity index is 817. The predicted molar refractivity (Wildman–Crippen MR) is 94.5 cm³/mol. The van der Waals surface area contributed by atoms with E-state index in [1.54, 1.807) is 41.6 Å². The zero-order valence-corrected chi connectivity index (χ0v) is 14.5. The van der Waals surface area contributed by atoms with Gasteiger partial charge in [-0.3, -0.25) is 4.98 Å². The first-order valence-corrected chi connectivity index (χ1v) is 9.57. The number of sulfonamides is 1. The van der Waals surface area contributed by atoms with Crippen molar-refractivity contribution in [1.29, 1.82) is 0 Å². The number of rotatable bonds is 5. The van der Waals surface area contributed by atoms with Crippen molar-refractivity contribution in [1.82, 2.24) is 14.6 Å². The molecule has 2 amide bonds. The van der Waals surface area contributed by atoms with Crippen molar-refractivity contribution in [2.24, 2.45) is 0 Å².